The minimum absolute atomic E-state index is 0.238. The van der Waals surface area contributed by atoms with Crippen LogP contribution in [0.15, 0.2) is 30.6 Å². The predicted molar refractivity (Wildman–Crippen MR) is 76.4 cm³/mol. The molecule has 0 atom stereocenters. The third kappa shape index (κ3) is 3.06. The highest BCUT2D eigenvalue weighted by Gasteiger charge is 2.12. The van der Waals surface area contributed by atoms with Gasteiger partial charge in [-0.05, 0) is 32.0 Å². The van der Waals surface area contributed by atoms with E-state index in [-0.39, 0.29) is 11.9 Å². The predicted octanol–water partition coefficient (Wildman–Crippen LogP) is 2.95. The zero-order valence-corrected chi connectivity index (χ0v) is 11.5. The lowest BCUT2D eigenvalue weighted by Crippen LogP contribution is -2.13. The van der Waals surface area contributed by atoms with Crippen LogP contribution >= 0.6 is 11.6 Å². The lowest BCUT2D eigenvalue weighted by Gasteiger charge is -2.06. The Morgan fingerprint density at radius 1 is 1.47 bits per heavy atom. The van der Waals surface area contributed by atoms with Crippen molar-refractivity contribution in [3.8, 4) is 0 Å². The molecule has 0 radical (unpaired) electrons. The van der Waals surface area contributed by atoms with E-state index in [1.54, 1.807) is 35.3 Å². The van der Waals surface area contributed by atoms with Crippen molar-refractivity contribution >= 4 is 28.9 Å². The fraction of sp³-hybridized carbons (Fsp3) is 0.231. The van der Waals surface area contributed by atoms with Gasteiger partial charge in [0.25, 0.3) is 5.91 Å². The highest BCUT2D eigenvalue weighted by atomic mass is 35.5. The second-order valence-electron chi connectivity index (χ2n) is 4.49. The molecule has 0 spiro atoms. The summed E-state index contributed by atoms with van der Waals surface area (Å²) in [5.74, 6) is -0.302. The Hall–Kier alpha value is -2.01. The summed E-state index contributed by atoms with van der Waals surface area (Å²) in [5, 5.41) is 7.36. The summed E-state index contributed by atoms with van der Waals surface area (Å²) in [4.78, 5) is 12.1. The summed E-state index contributed by atoms with van der Waals surface area (Å²) in [7, 11) is 0. The van der Waals surface area contributed by atoms with Crippen molar-refractivity contribution in [3.05, 3.63) is 41.2 Å². The van der Waals surface area contributed by atoms with Crippen molar-refractivity contribution in [3.63, 3.8) is 0 Å². The van der Waals surface area contributed by atoms with E-state index in [9.17, 15) is 4.79 Å². The van der Waals surface area contributed by atoms with E-state index >= 15 is 0 Å². The van der Waals surface area contributed by atoms with Gasteiger partial charge in [-0.15, -0.1) is 0 Å². The van der Waals surface area contributed by atoms with Crippen LogP contribution in [0.3, 0.4) is 0 Å². The molecule has 6 heteroatoms. The van der Waals surface area contributed by atoms with E-state index in [0.29, 0.717) is 22.0 Å². The number of carbonyl (C=O) groups is 1. The number of aromatic nitrogens is 2. The number of hydrogen-bond donors (Lipinski definition) is 2. The van der Waals surface area contributed by atoms with Crippen LogP contribution in [-0.2, 0) is 0 Å². The number of carbonyl (C=O) groups excluding carboxylic acids is 1. The Kier molecular flexibility index (Phi) is 3.76. The third-order valence-corrected chi connectivity index (χ3v) is 2.88. The normalized spacial score (nSPS) is 10.7. The first-order chi connectivity index (χ1) is 8.97. The van der Waals surface area contributed by atoms with Gasteiger partial charge >= 0.3 is 0 Å². The van der Waals surface area contributed by atoms with E-state index in [0.717, 1.165) is 0 Å². The number of nitrogens with zero attached hydrogens (tertiary/aromatic N) is 2. The number of halogens is 1. The average Bonchev–Trinajstić information content (AvgIpc) is 2.80. The highest BCUT2D eigenvalue weighted by molar-refractivity contribution is 6.31. The number of nitrogens with two attached hydrogens (primary N) is 1. The zero-order chi connectivity index (χ0) is 14.0. The lowest BCUT2D eigenvalue weighted by atomic mass is 10.1. The number of nitrogens with one attached hydrogen (secondary N) is 1. The van der Waals surface area contributed by atoms with Crippen molar-refractivity contribution in [2.75, 3.05) is 11.1 Å². The summed E-state index contributed by atoms with van der Waals surface area (Å²) in [6.07, 6.45) is 3.36. The first-order valence-electron chi connectivity index (χ1n) is 5.88. The van der Waals surface area contributed by atoms with Crippen molar-refractivity contribution in [1.29, 1.82) is 0 Å². The minimum atomic E-state index is -0.302. The first kappa shape index (κ1) is 13.4. The topological polar surface area (TPSA) is 72.9 Å². The molecule has 19 heavy (non-hydrogen) atoms. The zero-order valence-electron chi connectivity index (χ0n) is 10.7. The Balaban J connectivity index is 2.18. The van der Waals surface area contributed by atoms with Crippen LogP contribution < -0.4 is 11.1 Å². The maximum Gasteiger partial charge on any atom is 0.257 e. The molecule has 2 rings (SSSR count). The first-order valence-corrected chi connectivity index (χ1v) is 6.25. The molecule has 3 N–H and O–H groups in total. The quantitative estimate of drug-likeness (QED) is 0.848. The van der Waals surface area contributed by atoms with Gasteiger partial charge in [0, 0.05) is 22.9 Å². The van der Waals surface area contributed by atoms with Gasteiger partial charge in [-0.2, -0.15) is 5.10 Å². The van der Waals surface area contributed by atoms with E-state index in [4.69, 9.17) is 17.3 Å². The van der Waals surface area contributed by atoms with E-state index in [1.807, 2.05) is 13.8 Å². The maximum atomic E-state index is 12.1. The Bertz CT molecular complexity index is 606. The van der Waals surface area contributed by atoms with Gasteiger partial charge in [0.15, 0.2) is 0 Å². The standard InChI is InChI=1S/C13H15ClN4O/c1-8(2)18-7-10(6-16-18)17-13(19)11-5-9(14)3-4-12(11)15/h3-8H,15H2,1-2H3,(H,17,19). The fourth-order valence-corrected chi connectivity index (χ4v) is 1.78. The number of nitrogen functional groups attached to an aromatic ring is 1. The van der Waals surface area contributed by atoms with Crippen LogP contribution in [0.4, 0.5) is 11.4 Å². The molecular weight excluding hydrogens is 264 g/mol. The Morgan fingerprint density at radius 3 is 2.84 bits per heavy atom. The van der Waals surface area contributed by atoms with Gasteiger partial charge < -0.3 is 11.1 Å². The minimum Gasteiger partial charge on any atom is -0.398 e. The average molecular weight is 279 g/mol. The van der Waals surface area contributed by atoms with Crippen LogP contribution in [0.5, 0.6) is 0 Å². The molecule has 0 aliphatic heterocycles. The molecule has 0 fully saturated rings. The van der Waals surface area contributed by atoms with Crippen LogP contribution in [-0.4, -0.2) is 15.7 Å². The fourth-order valence-electron chi connectivity index (χ4n) is 1.61. The molecule has 1 aromatic carbocycles. The van der Waals surface area contributed by atoms with E-state index in [2.05, 4.69) is 10.4 Å². The van der Waals surface area contributed by atoms with Crippen molar-refractivity contribution < 1.29 is 4.79 Å². The van der Waals surface area contributed by atoms with Gasteiger partial charge in [-0.1, -0.05) is 11.6 Å². The van der Waals surface area contributed by atoms with Crippen LogP contribution in [0.25, 0.3) is 0 Å². The monoisotopic (exact) mass is 278 g/mol. The summed E-state index contributed by atoms with van der Waals surface area (Å²) in [6, 6.07) is 5.03. The molecule has 0 saturated carbocycles. The number of amides is 1. The SMILES string of the molecule is CC(C)n1cc(NC(=O)c2cc(Cl)ccc2N)cn1. The van der Waals surface area contributed by atoms with E-state index < -0.39 is 0 Å². The van der Waals surface area contributed by atoms with Gasteiger partial charge in [-0.25, -0.2) is 0 Å². The molecular formula is C13H15ClN4O. The third-order valence-electron chi connectivity index (χ3n) is 2.65. The molecule has 1 aromatic heterocycles. The summed E-state index contributed by atoms with van der Waals surface area (Å²) in [6.45, 7) is 4.01. The lowest BCUT2D eigenvalue weighted by molar-refractivity contribution is 0.102. The molecule has 2 aromatic rings. The van der Waals surface area contributed by atoms with Gasteiger partial charge in [0.1, 0.15) is 0 Å². The number of hydrogen-bond acceptors (Lipinski definition) is 3. The molecule has 0 bridgehead atoms. The maximum absolute atomic E-state index is 12.1. The number of benzene rings is 1. The second-order valence-corrected chi connectivity index (χ2v) is 4.92. The largest absolute Gasteiger partial charge is 0.398 e. The van der Waals surface area contributed by atoms with Crippen LogP contribution in [0.1, 0.15) is 30.2 Å². The van der Waals surface area contributed by atoms with E-state index in [1.165, 1.54) is 0 Å². The molecule has 100 valence electrons. The van der Waals surface area contributed by atoms with Crippen molar-refractivity contribution in [2.45, 2.75) is 19.9 Å². The molecule has 0 aliphatic carbocycles. The second kappa shape index (κ2) is 5.32. The molecule has 5 nitrogen and oxygen atoms in total. The van der Waals surface area contributed by atoms with Crippen LogP contribution in [0, 0.1) is 0 Å². The van der Waals surface area contributed by atoms with Gasteiger partial charge in [0.2, 0.25) is 0 Å². The molecule has 0 aliphatic rings. The smallest absolute Gasteiger partial charge is 0.257 e. The molecule has 1 amide bonds. The van der Waals surface area contributed by atoms with Crippen molar-refractivity contribution in [2.24, 2.45) is 0 Å². The highest BCUT2D eigenvalue weighted by Crippen LogP contribution is 2.19. The Morgan fingerprint density at radius 2 is 2.21 bits per heavy atom. The summed E-state index contributed by atoms with van der Waals surface area (Å²) >= 11 is 5.86. The van der Waals surface area contributed by atoms with Gasteiger partial charge in [-0.3, -0.25) is 9.48 Å². The molecule has 0 unspecified atom stereocenters. The number of anilines is 2. The van der Waals surface area contributed by atoms with Crippen LogP contribution in [0.2, 0.25) is 5.02 Å². The Labute approximate surface area is 116 Å². The van der Waals surface area contributed by atoms with Gasteiger partial charge in [0.05, 0.1) is 17.4 Å². The van der Waals surface area contributed by atoms with Crippen molar-refractivity contribution in [1.82, 2.24) is 9.78 Å². The number of rotatable bonds is 3. The summed E-state index contributed by atoms with van der Waals surface area (Å²) in [5.41, 5.74) is 7.12. The summed E-state index contributed by atoms with van der Waals surface area (Å²) < 4.78 is 1.76. The molecule has 0 saturated heterocycles. The molecule has 1 heterocycles.